The molecule has 0 bridgehead atoms. The van der Waals surface area contributed by atoms with Crippen molar-refractivity contribution in [2.24, 2.45) is 0 Å². The van der Waals surface area contributed by atoms with Crippen LogP contribution >= 0.6 is 15.9 Å². The van der Waals surface area contributed by atoms with Gasteiger partial charge in [0.25, 0.3) is 0 Å². The van der Waals surface area contributed by atoms with E-state index in [1.807, 2.05) is 75.4 Å². The number of nitrogens with zero attached hydrogens (tertiary/aromatic N) is 1. The maximum Gasteiger partial charge on any atom is 0.228 e. The van der Waals surface area contributed by atoms with E-state index in [1.165, 1.54) is 0 Å². The topological polar surface area (TPSA) is 55.1 Å². The molecule has 5 heteroatoms. The van der Waals surface area contributed by atoms with Crippen molar-refractivity contribution in [3.8, 4) is 0 Å². The van der Waals surface area contributed by atoms with Crippen molar-refractivity contribution in [1.82, 2.24) is 10.5 Å². The number of carbonyl (C=O) groups excluding carboxylic acids is 1. The van der Waals surface area contributed by atoms with Crippen molar-refractivity contribution >= 4 is 21.8 Å². The number of hydrogen-bond acceptors (Lipinski definition) is 3. The van der Waals surface area contributed by atoms with Crippen molar-refractivity contribution < 1.29 is 9.32 Å². The van der Waals surface area contributed by atoms with Crippen LogP contribution in [0.5, 0.6) is 0 Å². The molecule has 134 valence electrons. The molecule has 0 radical (unpaired) electrons. The van der Waals surface area contributed by atoms with Crippen LogP contribution in [0.3, 0.4) is 0 Å². The van der Waals surface area contributed by atoms with Gasteiger partial charge in [0.2, 0.25) is 5.91 Å². The summed E-state index contributed by atoms with van der Waals surface area (Å²) in [6.07, 6.45) is 0. The van der Waals surface area contributed by atoms with Crippen LogP contribution in [0, 0.1) is 13.8 Å². The number of rotatable bonds is 5. The molecular formula is C21H21BrN2O2. The Morgan fingerprint density at radius 2 is 1.65 bits per heavy atom. The molecule has 1 heterocycles. The molecule has 1 amide bonds. The molecule has 0 saturated heterocycles. The van der Waals surface area contributed by atoms with Gasteiger partial charge in [-0.25, -0.2) is 0 Å². The maximum atomic E-state index is 13.0. The lowest BCUT2D eigenvalue weighted by atomic mass is 9.95. The first-order valence-electron chi connectivity index (χ1n) is 8.51. The Balaban J connectivity index is 1.90. The number of aryl methyl sites for hydroxylation is 2. The van der Waals surface area contributed by atoms with Crippen LogP contribution in [0.4, 0.5) is 0 Å². The zero-order valence-electron chi connectivity index (χ0n) is 15.0. The quantitative estimate of drug-likeness (QED) is 0.636. The smallest absolute Gasteiger partial charge is 0.228 e. The number of aromatic nitrogens is 1. The molecular weight excluding hydrogens is 392 g/mol. The van der Waals surface area contributed by atoms with E-state index in [1.54, 1.807) is 0 Å². The fourth-order valence-corrected chi connectivity index (χ4v) is 3.43. The lowest BCUT2D eigenvalue weighted by Crippen LogP contribution is -2.33. The minimum atomic E-state index is -0.345. The normalized spacial score (nSPS) is 13.2. The van der Waals surface area contributed by atoms with E-state index < -0.39 is 0 Å². The van der Waals surface area contributed by atoms with Crippen molar-refractivity contribution in [2.45, 2.75) is 32.7 Å². The summed E-state index contributed by atoms with van der Waals surface area (Å²) in [7, 11) is 0. The third-order valence-electron chi connectivity index (χ3n) is 4.54. The predicted molar refractivity (Wildman–Crippen MR) is 105 cm³/mol. The lowest BCUT2D eigenvalue weighted by molar-refractivity contribution is -0.122. The third kappa shape index (κ3) is 3.88. The first-order chi connectivity index (χ1) is 12.5. The van der Waals surface area contributed by atoms with Crippen molar-refractivity contribution in [3.63, 3.8) is 0 Å². The molecule has 2 atom stereocenters. The van der Waals surface area contributed by atoms with Gasteiger partial charge in [0.15, 0.2) is 0 Å². The fraction of sp³-hybridized carbons (Fsp3) is 0.238. The molecule has 0 aliphatic heterocycles. The number of halogens is 1. The third-order valence-corrected chi connectivity index (χ3v) is 5.07. The highest BCUT2D eigenvalue weighted by Gasteiger charge is 2.26. The summed E-state index contributed by atoms with van der Waals surface area (Å²) in [5, 5.41) is 7.15. The minimum absolute atomic E-state index is 0.0591. The summed E-state index contributed by atoms with van der Waals surface area (Å²) in [5.41, 5.74) is 3.67. The van der Waals surface area contributed by atoms with Crippen molar-refractivity contribution in [2.75, 3.05) is 0 Å². The summed E-state index contributed by atoms with van der Waals surface area (Å²) in [6, 6.07) is 17.7. The van der Waals surface area contributed by atoms with E-state index in [0.29, 0.717) is 5.76 Å². The largest absolute Gasteiger partial charge is 0.361 e. The second-order valence-corrected chi connectivity index (χ2v) is 7.28. The van der Waals surface area contributed by atoms with Gasteiger partial charge in [-0.05, 0) is 44.0 Å². The van der Waals surface area contributed by atoms with Crippen molar-refractivity contribution in [1.29, 1.82) is 0 Å². The highest BCUT2D eigenvalue weighted by molar-refractivity contribution is 9.10. The van der Waals surface area contributed by atoms with E-state index in [-0.39, 0.29) is 17.9 Å². The number of hydrogen-bond donors (Lipinski definition) is 1. The Kier molecular flexibility index (Phi) is 5.57. The molecule has 0 saturated carbocycles. The highest BCUT2D eigenvalue weighted by atomic mass is 79.9. The van der Waals surface area contributed by atoms with Gasteiger partial charge in [0, 0.05) is 10.0 Å². The van der Waals surface area contributed by atoms with Crippen LogP contribution < -0.4 is 5.32 Å². The molecule has 2 aromatic carbocycles. The Hall–Kier alpha value is -2.40. The first kappa shape index (κ1) is 18.4. The molecule has 3 aromatic rings. The standard InChI is InChI=1S/C21H21BrN2O2/c1-13(19-14(2)24-26-15(19)3)21(25)23-20(16-7-5-4-6-8-16)17-9-11-18(22)12-10-17/h4-13,20H,1-3H3,(H,23,25). The van der Waals surface area contributed by atoms with E-state index in [0.717, 1.165) is 26.9 Å². The van der Waals surface area contributed by atoms with Crippen LogP contribution in [-0.4, -0.2) is 11.1 Å². The average molecular weight is 413 g/mol. The van der Waals surface area contributed by atoms with Crippen LogP contribution in [0.25, 0.3) is 0 Å². The Morgan fingerprint density at radius 3 is 2.23 bits per heavy atom. The molecule has 0 aliphatic carbocycles. The number of benzene rings is 2. The fourth-order valence-electron chi connectivity index (χ4n) is 3.17. The molecule has 0 aliphatic rings. The second kappa shape index (κ2) is 7.87. The van der Waals surface area contributed by atoms with Crippen molar-refractivity contribution in [3.05, 3.63) is 87.2 Å². The molecule has 3 rings (SSSR count). The summed E-state index contributed by atoms with van der Waals surface area (Å²) in [5.74, 6) is 0.282. The van der Waals surface area contributed by atoms with Gasteiger partial charge in [-0.1, -0.05) is 63.6 Å². The molecule has 4 nitrogen and oxygen atoms in total. The Bertz CT molecular complexity index is 869. The van der Waals surface area contributed by atoms with Crippen LogP contribution in [0.1, 0.15) is 47.0 Å². The summed E-state index contributed by atoms with van der Waals surface area (Å²) in [4.78, 5) is 13.0. The zero-order valence-corrected chi connectivity index (χ0v) is 16.6. The van der Waals surface area contributed by atoms with E-state index in [2.05, 4.69) is 26.4 Å². The molecule has 0 spiro atoms. The SMILES string of the molecule is Cc1noc(C)c1C(C)C(=O)NC(c1ccccc1)c1ccc(Br)cc1. The van der Waals surface area contributed by atoms with Gasteiger partial charge in [-0.15, -0.1) is 0 Å². The predicted octanol–water partition coefficient (Wildman–Crippen LogP) is 5.06. The van der Waals surface area contributed by atoms with Gasteiger partial charge in [0.1, 0.15) is 5.76 Å². The van der Waals surface area contributed by atoms with Gasteiger partial charge < -0.3 is 9.84 Å². The van der Waals surface area contributed by atoms with Gasteiger partial charge in [0.05, 0.1) is 17.7 Å². The Labute approximate surface area is 161 Å². The lowest BCUT2D eigenvalue weighted by Gasteiger charge is -2.22. The monoisotopic (exact) mass is 412 g/mol. The average Bonchev–Trinajstić information content (AvgIpc) is 2.99. The maximum absolute atomic E-state index is 13.0. The van der Waals surface area contributed by atoms with Crippen LogP contribution in [0.15, 0.2) is 63.6 Å². The van der Waals surface area contributed by atoms with Crippen LogP contribution in [-0.2, 0) is 4.79 Å². The first-order valence-corrected chi connectivity index (χ1v) is 9.30. The van der Waals surface area contributed by atoms with E-state index >= 15 is 0 Å². The van der Waals surface area contributed by atoms with E-state index in [4.69, 9.17) is 4.52 Å². The van der Waals surface area contributed by atoms with E-state index in [9.17, 15) is 4.79 Å². The molecule has 1 N–H and O–H groups in total. The summed E-state index contributed by atoms with van der Waals surface area (Å²) >= 11 is 3.46. The second-order valence-electron chi connectivity index (χ2n) is 6.36. The van der Waals surface area contributed by atoms with Gasteiger partial charge in [-0.2, -0.15) is 0 Å². The number of carbonyl (C=O) groups is 1. The van der Waals surface area contributed by atoms with Gasteiger partial charge >= 0.3 is 0 Å². The summed E-state index contributed by atoms with van der Waals surface area (Å²) < 4.78 is 6.22. The zero-order chi connectivity index (χ0) is 18.7. The molecule has 2 unspecified atom stereocenters. The minimum Gasteiger partial charge on any atom is -0.361 e. The number of amides is 1. The van der Waals surface area contributed by atoms with Crippen LogP contribution in [0.2, 0.25) is 0 Å². The molecule has 0 fully saturated rings. The highest BCUT2D eigenvalue weighted by Crippen LogP contribution is 2.27. The van der Waals surface area contributed by atoms with Gasteiger partial charge in [-0.3, -0.25) is 4.79 Å². The molecule has 1 aromatic heterocycles. The molecule has 26 heavy (non-hydrogen) atoms. The Morgan fingerprint density at radius 1 is 1.04 bits per heavy atom. The number of nitrogens with one attached hydrogen (secondary N) is 1. The summed E-state index contributed by atoms with van der Waals surface area (Å²) in [6.45, 7) is 5.58.